The molecule has 0 aliphatic heterocycles. The molecule has 0 bridgehead atoms. The highest BCUT2D eigenvalue weighted by molar-refractivity contribution is 7.92. The summed E-state index contributed by atoms with van der Waals surface area (Å²) in [7, 11) is -3.91. The van der Waals surface area contributed by atoms with E-state index in [-0.39, 0.29) is 15.7 Å². The summed E-state index contributed by atoms with van der Waals surface area (Å²) in [5.41, 5.74) is -0.176. The van der Waals surface area contributed by atoms with Crippen molar-refractivity contribution in [3.05, 3.63) is 28.0 Å². The highest BCUT2D eigenvalue weighted by Crippen LogP contribution is 2.32. The number of benzene rings is 1. The van der Waals surface area contributed by atoms with Crippen molar-refractivity contribution >= 4 is 44.9 Å². The van der Waals surface area contributed by atoms with Crippen LogP contribution in [0.4, 0.5) is 10.1 Å². The van der Waals surface area contributed by atoms with E-state index in [9.17, 15) is 17.6 Å². The van der Waals surface area contributed by atoms with Crippen LogP contribution in [0.3, 0.4) is 0 Å². The number of carboxylic acids is 1. The number of hydrogen-bond acceptors (Lipinski definition) is 3. The fourth-order valence-corrected chi connectivity index (χ4v) is 2.81. The molecule has 0 aromatic heterocycles. The zero-order chi connectivity index (χ0) is 13.9. The van der Waals surface area contributed by atoms with Crippen LogP contribution < -0.4 is 4.72 Å². The molecule has 0 unspecified atom stereocenters. The first kappa shape index (κ1) is 15.0. The number of hydrogen-bond donors (Lipinski definition) is 2. The molecule has 0 fully saturated rings. The SMILES string of the molecule is O=C(O)CCS(=O)(=O)Nc1c(Cl)cc(F)cc1Cl. The average molecular weight is 316 g/mol. The standard InChI is InChI=1S/C9H8Cl2FNO4S/c10-6-3-5(12)4-7(11)9(6)13-18(16,17)2-1-8(14)15/h3-4,13H,1-2H2,(H,14,15). The van der Waals surface area contributed by atoms with Gasteiger partial charge in [-0.25, -0.2) is 12.8 Å². The van der Waals surface area contributed by atoms with Crippen molar-refractivity contribution in [1.29, 1.82) is 0 Å². The Morgan fingerprint density at radius 1 is 1.33 bits per heavy atom. The van der Waals surface area contributed by atoms with Gasteiger partial charge in [-0.05, 0) is 12.1 Å². The van der Waals surface area contributed by atoms with Crippen LogP contribution in [0.1, 0.15) is 6.42 Å². The summed E-state index contributed by atoms with van der Waals surface area (Å²) in [6, 6.07) is 1.78. The second-order valence-electron chi connectivity index (χ2n) is 3.31. The Morgan fingerprint density at radius 3 is 2.28 bits per heavy atom. The van der Waals surface area contributed by atoms with E-state index >= 15 is 0 Å². The second kappa shape index (κ2) is 5.73. The van der Waals surface area contributed by atoms with Gasteiger partial charge in [-0.1, -0.05) is 23.2 Å². The predicted octanol–water partition coefficient (Wildman–Crippen LogP) is 2.35. The molecule has 1 aromatic rings. The molecule has 1 rings (SSSR count). The Hall–Kier alpha value is -1.05. The summed E-state index contributed by atoms with van der Waals surface area (Å²) in [5, 5.41) is 7.98. The van der Waals surface area contributed by atoms with Crippen molar-refractivity contribution in [2.24, 2.45) is 0 Å². The van der Waals surface area contributed by atoms with Crippen molar-refractivity contribution in [3.63, 3.8) is 0 Å². The van der Waals surface area contributed by atoms with Gasteiger partial charge >= 0.3 is 5.97 Å². The van der Waals surface area contributed by atoms with Crippen LogP contribution in [0, 0.1) is 5.82 Å². The molecule has 0 amide bonds. The molecule has 0 saturated heterocycles. The summed E-state index contributed by atoms with van der Waals surface area (Å²) in [4.78, 5) is 10.3. The lowest BCUT2D eigenvalue weighted by Crippen LogP contribution is -2.19. The van der Waals surface area contributed by atoms with Crippen LogP contribution >= 0.6 is 23.2 Å². The van der Waals surface area contributed by atoms with Gasteiger partial charge in [-0.3, -0.25) is 9.52 Å². The Balaban J connectivity index is 2.94. The van der Waals surface area contributed by atoms with E-state index in [0.717, 1.165) is 12.1 Å². The maximum atomic E-state index is 12.9. The molecule has 9 heteroatoms. The number of rotatable bonds is 5. The van der Waals surface area contributed by atoms with Crippen LogP contribution in [-0.2, 0) is 14.8 Å². The molecule has 0 atom stereocenters. The lowest BCUT2D eigenvalue weighted by molar-refractivity contribution is -0.136. The average Bonchev–Trinajstić information content (AvgIpc) is 2.21. The lowest BCUT2D eigenvalue weighted by atomic mass is 10.3. The largest absolute Gasteiger partial charge is 0.481 e. The first-order chi connectivity index (χ1) is 8.21. The van der Waals surface area contributed by atoms with E-state index < -0.39 is 34.0 Å². The minimum atomic E-state index is -3.91. The van der Waals surface area contributed by atoms with Crippen LogP contribution in [0.2, 0.25) is 10.0 Å². The molecule has 0 radical (unpaired) electrons. The maximum absolute atomic E-state index is 12.9. The van der Waals surface area contributed by atoms with E-state index in [0.29, 0.717) is 0 Å². The molecule has 1 aromatic carbocycles. The number of nitrogens with one attached hydrogen (secondary N) is 1. The molecular weight excluding hydrogens is 308 g/mol. The number of carboxylic acid groups (broad SMARTS) is 1. The normalized spacial score (nSPS) is 11.3. The Bertz CT molecular complexity index is 553. The molecule has 0 aliphatic carbocycles. The fraction of sp³-hybridized carbons (Fsp3) is 0.222. The molecule has 5 nitrogen and oxygen atoms in total. The molecule has 0 spiro atoms. The highest BCUT2D eigenvalue weighted by Gasteiger charge is 2.17. The Labute approximate surface area is 113 Å². The van der Waals surface area contributed by atoms with Crippen LogP contribution in [0.5, 0.6) is 0 Å². The Morgan fingerprint density at radius 2 is 1.83 bits per heavy atom. The third-order valence-corrected chi connectivity index (χ3v) is 3.70. The van der Waals surface area contributed by atoms with E-state index in [1.54, 1.807) is 0 Å². The first-order valence-electron chi connectivity index (χ1n) is 4.58. The molecule has 18 heavy (non-hydrogen) atoms. The van der Waals surface area contributed by atoms with Gasteiger partial charge in [0.25, 0.3) is 0 Å². The van der Waals surface area contributed by atoms with Gasteiger partial charge in [0.1, 0.15) is 5.82 Å². The predicted molar refractivity (Wildman–Crippen MR) is 66.1 cm³/mol. The summed E-state index contributed by atoms with van der Waals surface area (Å²) < 4.78 is 37.9. The van der Waals surface area contributed by atoms with Crippen molar-refractivity contribution in [2.45, 2.75) is 6.42 Å². The van der Waals surface area contributed by atoms with Crippen LogP contribution in [0.25, 0.3) is 0 Å². The zero-order valence-electron chi connectivity index (χ0n) is 8.78. The third kappa shape index (κ3) is 4.32. The third-order valence-electron chi connectivity index (χ3n) is 1.85. The topological polar surface area (TPSA) is 83.5 Å². The molecule has 100 valence electrons. The van der Waals surface area contributed by atoms with Crippen molar-refractivity contribution in [3.8, 4) is 0 Å². The summed E-state index contributed by atoms with van der Waals surface area (Å²) in [6.07, 6.45) is -0.564. The number of halogens is 3. The van der Waals surface area contributed by atoms with E-state index in [2.05, 4.69) is 0 Å². The van der Waals surface area contributed by atoms with Crippen molar-refractivity contribution in [2.75, 3.05) is 10.5 Å². The van der Waals surface area contributed by atoms with E-state index in [1.165, 1.54) is 0 Å². The lowest BCUT2D eigenvalue weighted by Gasteiger charge is -2.10. The molecular formula is C9H8Cl2FNO4S. The van der Waals surface area contributed by atoms with E-state index in [1.807, 2.05) is 4.72 Å². The van der Waals surface area contributed by atoms with Gasteiger partial charge in [0.05, 0.1) is 27.9 Å². The van der Waals surface area contributed by atoms with E-state index in [4.69, 9.17) is 28.3 Å². The van der Waals surface area contributed by atoms with Gasteiger partial charge in [-0.2, -0.15) is 0 Å². The molecule has 2 N–H and O–H groups in total. The van der Waals surface area contributed by atoms with Gasteiger partial charge in [0, 0.05) is 0 Å². The second-order valence-corrected chi connectivity index (χ2v) is 5.97. The molecule has 0 aliphatic rings. The van der Waals surface area contributed by atoms with Crippen LogP contribution in [0.15, 0.2) is 12.1 Å². The van der Waals surface area contributed by atoms with Gasteiger partial charge in [-0.15, -0.1) is 0 Å². The summed E-state index contributed by atoms with van der Waals surface area (Å²) in [6.45, 7) is 0. The fourth-order valence-electron chi connectivity index (χ4n) is 1.07. The van der Waals surface area contributed by atoms with Crippen molar-refractivity contribution < 1.29 is 22.7 Å². The quantitative estimate of drug-likeness (QED) is 0.873. The van der Waals surface area contributed by atoms with Crippen LogP contribution in [-0.4, -0.2) is 25.2 Å². The van der Waals surface area contributed by atoms with Gasteiger partial charge < -0.3 is 5.11 Å². The number of sulfonamides is 1. The van der Waals surface area contributed by atoms with Gasteiger partial charge in [0.2, 0.25) is 10.0 Å². The number of aliphatic carboxylic acids is 1. The molecule has 0 saturated carbocycles. The zero-order valence-corrected chi connectivity index (χ0v) is 11.1. The smallest absolute Gasteiger partial charge is 0.304 e. The number of anilines is 1. The maximum Gasteiger partial charge on any atom is 0.304 e. The minimum Gasteiger partial charge on any atom is -0.481 e. The van der Waals surface area contributed by atoms with Crippen molar-refractivity contribution in [1.82, 2.24) is 0 Å². The number of carbonyl (C=O) groups is 1. The minimum absolute atomic E-state index is 0.176. The highest BCUT2D eigenvalue weighted by atomic mass is 35.5. The van der Waals surface area contributed by atoms with Gasteiger partial charge in [0.15, 0.2) is 0 Å². The Kier molecular flexibility index (Phi) is 4.78. The molecule has 0 heterocycles. The summed E-state index contributed by atoms with van der Waals surface area (Å²) in [5.74, 6) is -2.60. The first-order valence-corrected chi connectivity index (χ1v) is 6.99. The monoisotopic (exact) mass is 315 g/mol. The summed E-state index contributed by atoms with van der Waals surface area (Å²) >= 11 is 11.3.